The van der Waals surface area contributed by atoms with Crippen molar-refractivity contribution in [3.8, 4) is 11.5 Å². The number of phenolic OH excluding ortho intramolecular Hbond substituents is 1. The summed E-state index contributed by atoms with van der Waals surface area (Å²) in [5, 5.41) is 11.2. The van der Waals surface area contributed by atoms with E-state index in [9.17, 15) is 9.90 Å². The predicted molar refractivity (Wildman–Crippen MR) is 102 cm³/mol. The van der Waals surface area contributed by atoms with E-state index < -0.39 is 0 Å². The number of aromatic hydroxyl groups is 1. The molecule has 4 heteroatoms. The largest absolute Gasteiger partial charge is 0.504 e. The molecular formula is C23H27NO3. The van der Waals surface area contributed by atoms with Gasteiger partial charge in [0.05, 0.1) is 7.11 Å². The van der Waals surface area contributed by atoms with Crippen molar-refractivity contribution in [2.75, 3.05) is 20.2 Å². The maximum Gasteiger partial charge on any atom is 0.161 e. The molecule has 0 amide bonds. The molecule has 142 valence electrons. The highest BCUT2D eigenvalue weighted by atomic mass is 16.5. The molecule has 1 saturated heterocycles. The van der Waals surface area contributed by atoms with E-state index >= 15 is 0 Å². The zero-order valence-electron chi connectivity index (χ0n) is 15.9. The lowest BCUT2D eigenvalue weighted by atomic mass is 9.43. The van der Waals surface area contributed by atoms with Gasteiger partial charge in [-0.1, -0.05) is 18.2 Å². The quantitative estimate of drug-likeness (QED) is 0.836. The summed E-state index contributed by atoms with van der Waals surface area (Å²) in [6.07, 6.45) is 10.8. The Balaban J connectivity index is 1.59. The number of hydrogen-bond donors (Lipinski definition) is 1. The van der Waals surface area contributed by atoms with E-state index in [1.54, 1.807) is 7.11 Å². The molecule has 2 saturated carbocycles. The Hall–Kier alpha value is -1.81. The normalized spacial score (nSPS) is 39.2. The monoisotopic (exact) mass is 365 g/mol. The zero-order chi connectivity index (χ0) is 18.4. The molecule has 0 aromatic heterocycles. The minimum absolute atomic E-state index is 0.0183. The average Bonchev–Trinajstić information content (AvgIpc) is 3.43. The van der Waals surface area contributed by atoms with Crippen LogP contribution in [-0.4, -0.2) is 42.0 Å². The van der Waals surface area contributed by atoms with Crippen LogP contribution in [-0.2, 0) is 16.6 Å². The Morgan fingerprint density at radius 1 is 1.30 bits per heavy atom. The number of fused-ring (bicyclic) bond motifs is 1. The van der Waals surface area contributed by atoms with Crippen molar-refractivity contribution in [3.63, 3.8) is 0 Å². The van der Waals surface area contributed by atoms with E-state index in [1.807, 2.05) is 6.07 Å². The van der Waals surface area contributed by atoms with Gasteiger partial charge >= 0.3 is 0 Å². The summed E-state index contributed by atoms with van der Waals surface area (Å²) in [6.45, 7) is 2.23. The highest BCUT2D eigenvalue weighted by Crippen LogP contribution is 2.70. The molecule has 4 bridgehead atoms. The summed E-state index contributed by atoms with van der Waals surface area (Å²) in [4.78, 5) is 15.7. The van der Waals surface area contributed by atoms with E-state index in [0.717, 1.165) is 37.3 Å². The average molecular weight is 365 g/mol. The highest BCUT2D eigenvalue weighted by Gasteiger charge is 2.70. The number of benzene rings is 1. The van der Waals surface area contributed by atoms with Gasteiger partial charge in [0.15, 0.2) is 11.5 Å². The molecule has 1 aliphatic heterocycles. The maximum absolute atomic E-state index is 13.0. The molecule has 4 atom stereocenters. The van der Waals surface area contributed by atoms with Crippen molar-refractivity contribution in [1.82, 2.24) is 4.90 Å². The third-order valence-electron chi connectivity index (χ3n) is 8.40. The van der Waals surface area contributed by atoms with Crippen molar-refractivity contribution in [2.24, 2.45) is 17.3 Å². The molecule has 1 aromatic rings. The molecule has 6 rings (SSSR count). The van der Waals surface area contributed by atoms with Crippen LogP contribution >= 0.6 is 0 Å². The van der Waals surface area contributed by atoms with Crippen LogP contribution in [0.2, 0.25) is 0 Å². The molecule has 5 aliphatic rings. The second-order valence-electron chi connectivity index (χ2n) is 9.37. The summed E-state index contributed by atoms with van der Waals surface area (Å²) >= 11 is 0. The summed E-state index contributed by atoms with van der Waals surface area (Å²) in [7, 11) is 1.61. The first-order valence-electron chi connectivity index (χ1n) is 10.5. The molecule has 1 aromatic carbocycles. The fourth-order valence-corrected chi connectivity index (χ4v) is 7.14. The van der Waals surface area contributed by atoms with Crippen molar-refractivity contribution in [2.45, 2.75) is 50.0 Å². The van der Waals surface area contributed by atoms with Crippen LogP contribution < -0.4 is 4.74 Å². The highest BCUT2D eigenvalue weighted by molar-refractivity contribution is 5.88. The molecule has 3 fully saturated rings. The van der Waals surface area contributed by atoms with Gasteiger partial charge in [-0.15, -0.1) is 0 Å². The van der Waals surface area contributed by atoms with Gasteiger partial charge < -0.3 is 9.84 Å². The Labute approximate surface area is 160 Å². The number of ether oxygens (including phenoxy) is 1. The number of Topliss-reactive ketones (excluding diaryl/α,β-unsaturated/α-hetero) is 1. The summed E-state index contributed by atoms with van der Waals surface area (Å²) in [5.74, 6) is 1.94. The smallest absolute Gasteiger partial charge is 0.161 e. The van der Waals surface area contributed by atoms with E-state index in [0.29, 0.717) is 24.0 Å². The SMILES string of the molecule is COc1ccc2c(c1O)[C@@]13CCN(CC4CC4)[C@@H](C2)[C@@]12C=C[C@@H]3C(=O)CC2. The molecule has 0 radical (unpaired) electrons. The predicted octanol–water partition coefficient (Wildman–Crippen LogP) is 3.21. The number of phenols is 1. The van der Waals surface area contributed by atoms with E-state index in [4.69, 9.17) is 4.74 Å². The molecule has 4 nitrogen and oxygen atoms in total. The fraction of sp³-hybridized carbons (Fsp3) is 0.609. The number of nitrogens with zero attached hydrogens (tertiary/aromatic N) is 1. The van der Waals surface area contributed by atoms with E-state index in [1.165, 1.54) is 24.9 Å². The maximum atomic E-state index is 13.0. The zero-order valence-corrected chi connectivity index (χ0v) is 15.9. The summed E-state index contributed by atoms with van der Waals surface area (Å²) < 4.78 is 5.46. The van der Waals surface area contributed by atoms with Crippen LogP contribution in [0.3, 0.4) is 0 Å². The van der Waals surface area contributed by atoms with E-state index in [-0.39, 0.29) is 22.5 Å². The van der Waals surface area contributed by atoms with Crippen LogP contribution in [0.5, 0.6) is 11.5 Å². The van der Waals surface area contributed by atoms with Crippen LogP contribution in [0.4, 0.5) is 0 Å². The number of ketones is 1. The van der Waals surface area contributed by atoms with Gasteiger partial charge in [0.25, 0.3) is 0 Å². The van der Waals surface area contributed by atoms with Crippen molar-refractivity contribution < 1.29 is 14.6 Å². The number of rotatable bonds is 3. The van der Waals surface area contributed by atoms with Gasteiger partial charge in [-0.05, 0) is 56.2 Å². The second-order valence-corrected chi connectivity index (χ2v) is 9.37. The number of carbonyl (C=O) groups excluding carboxylic acids is 1. The molecule has 1 N–H and O–H groups in total. The molecule has 4 aliphatic carbocycles. The standard InChI is InChI=1S/C23H27NO3/c1-27-18-5-4-15-12-19-22-8-6-16(17(25)7-9-22)23(22,20(15)21(18)26)10-11-24(19)13-14-2-3-14/h4-6,8,14,16,19,26H,2-3,7,9-13H2,1H3/t16-,19+,22+,23+/m1/s1. The van der Waals surface area contributed by atoms with Gasteiger partial charge in [-0.3, -0.25) is 9.69 Å². The lowest BCUT2D eigenvalue weighted by Gasteiger charge is -2.64. The lowest BCUT2D eigenvalue weighted by molar-refractivity contribution is -0.137. The third kappa shape index (κ3) is 1.81. The number of likely N-dealkylation sites (tertiary alicyclic amines) is 1. The van der Waals surface area contributed by atoms with E-state index in [2.05, 4.69) is 23.1 Å². The number of methoxy groups -OCH3 is 1. The van der Waals surface area contributed by atoms with Crippen LogP contribution in [0.1, 0.15) is 43.2 Å². The lowest BCUT2D eigenvalue weighted by Crippen LogP contribution is -2.69. The van der Waals surface area contributed by atoms with Gasteiger partial charge in [0.1, 0.15) is 5.78 Å². The first-order valence-corrected chi connectivity index (χ1v) is 10.5. The minimum Gasteiger partial charge on any atom is -0.504 e. The minimum atomic E-state index is -0.279. The van der Waals surface area contributed by atoms with Crippen molar-refractivity contribution in [1.29, 1.82) is 0 Å². The first-order chi connectivity index (χ1) is 13.1. The third-order valence-corrected chi connectivity index (χ3v) is 8.40. The van der Waals surface area contributed by atoms with Crippen LogP contribution in [0, 0.1) is 17.3 Å². The molecule has 0 spiro atoms. The van der Waals surface area contributed by atoms with Crippen molar-refractivity contribution >= 4 is 5.78 Å². The van der Waals surface area contributed by atoms with Crippen LogP contribution in [0.25, 0.3) is 0 Å². The molecular weight excluding hydrogens is 338 g/mol. The Morgan fingerprint density at radius 3 is 2.93 bits per heavy atom. The number of piperidine rings is 1. The molecule has 1 heterocycles. The van der Waals surface area contributed by atoms with Gasteiger partial charge in [0.2, 0.25) is 0 Å². The molecule has 0 unspecified atom stereocenters. The van der Waals surface area contributed by atoms with Crippen molar-refractivity contribution in [3.05, 3.63) is 35.4 Å². The first kappa shape index (κ1) is 16.2. The number of carbonyl (C=O) groups is 1. The summed E-state index contributed by atoms with van der Waals surface area (Å²) in [5.41, 5.74) is 1.94. The Morgan fingerprint density at radius 2 is 2.15 bits per heavy atom. The number of hydrogen-bond acceptors (Lipinski definition) is 4. The topological polar surface area (TPSA) is 49.8 Å². The fourth-order valence-electron chi connectivity index (χ4n) is 7.14. The second kappa shape index (κ2) is 5.16. The van der Waals surface area contributed by atoms with Gasteiger partial charge in [-0.25, -0.2) is 0 Å². The Kier molecular flexibility index (Phi) is 3.09. The number of allylic oxidation sites excluding steroid dienone is 1. The summed E-state index contributed by atoms with van der Waals surface area (Å²) in [6, 6.07) is 4.47. The Bertz CT molecular complexity index is 873. The van der Waals surface area contributed by atoms with Gasteiger partial charge in [0, 0.05) is 41.3 Å². The molecule has 27 heavy (non-hydrogen) atoms. The van der Waals surface area contributed by atoms with Crippen LogP contribution in [0.15, 0.2) is 24.3 Å². The van der Waals surface area contributed by atoms with Gasteiger partial charge in [-0.2, -0.15) is 0 Å².